The van der Waals surface area contributed by atoms with Crippen LogP contribution in [0.25, 0.3) is 0 Å². The normalized spacial score (nSPS) is 27.0. The van der Waals surface area contributed by atoms with E-state index in [2.05, 4.69) is 5.01 Å². The monoisotopic (exact) mass is 325 g/mol. The standard InChI is InChI=1S/C19H23N3O2/c1-20(2)22-16-11-7-6-8-13(16)12-15-17(22)19(24)21(18(15)23)14-9-4-3-5-10-14/h3-5,9-10,15,17H,6-8,11-12H2,1-2H3/t15-,17-/m0/s1. The van der Waals surface area contributed by atoms with E-state index in [1.807, 2.05) is 49.4 Å². The Bertz CT molecular complexity index is 711. The van der Waals surface area contributed by atoms with Crippen LogP contribution in [0.5, 0.6) is 0 Å². The summed E-state index contributed by atoms with van der Waals surface area (Å²) in [5.41, 5.74) is 3.31. The van der Waals surface area contributed by atoms with E-state index >= 15 is 0 Å². The van der Waals surface area contributed by atoms with Crippen molar-refractivity contribution in [3.63, 3.8) is 0 Å². The number of rotatable bonds is 2. The van der Waals surface area contributed by atoms with Gasteiger partial charge < -0.3 is 0 Å². The Labute approximate surface area is 142 Å². The van der Waals surface area contributed by atoms with Crippen LogP contribution in [0.1, 0.15) is 32.1 Å². The Morgan fingerprint density at radius 2 is 1.71 bits per heavy atom. The lowest BCUT2D eigenvalue weighted by Crippen LogP contribution is -2.53. The highest BCUT2D eigenvalue weighted by Gasteiger charge is 2.54. The number of hydrogen-bond acceptors (Lipinski definition) is 4. The zero-order valence-electron chi connectivity index (χ0n) is 14.2. The van der Waals surface area contributed by atoms with Gasteiger partial charge in [-0.3, -0.25) is 14.6 Å². The maximum absolute atomic E-state index is 13.2. The molecule has 5 nitrogen and oxygen atoms in total. The summed E-state index contributed by atoms with van der Waals surface area (Å²) in [6, 6.07) is 8.90. The van der Waals surface area contributed by atoms with Crippen LogP contribution in [-0.2, 0) is 9.59 Å². The molecule has 1 aliphatic carbocycles. The van der Waals surface area contributed by atoms with Crippen molar-refractivity contribution in [3.05, 3.63) is 41.6 Å². The van der Waals surface area contributed by atoms with Crippen molar-refractivity contribution in [2.24, 2.45) is 5.92 Å². The third-order valence-corrected chi connectivity index (χ3v) is 5.39. The lowest BCUT2D eigenvalue weighted by Gasteiger charge is -2.44. The summed E-state index contributed by atoms with van der Waals surface area (Å²) < 4.78 is 0. The number of anilines is 1. The highest BCUT2D eigenvalue weighted by molar-refractivity contribution is 6.23. The molecule has 5 heteroatoms. The van der Waals surface area contributed by atoms with Gasteiger partial charge in [-0.25, -0.2) is 9.91 Å². The fraction of sp³-hybridized carbons (Fsp3) is 0.474. The fourth-order valence-electron chi connectivity index (χ4n) is 4.39. The Morgan fingerprint density at radius 3 is 2.42 bits per heavy atom. The zero-order chi connectivity index (χ0) is 16.8. The maximum Gasteiger partial charge on any atom is 0.258 e. The number of fused-ring (bicyclic) bond motifs is 1. The molecule has 126 valence electrons. The van der Waals surface area contributed by atoms with E-state index in [4.69, 9.17) is 0 Å². The first-order valence-corrected chi connectivity index (χ1v) is 8.70. The van der Waals surface area contributed by atoms with E-state index in [0.717, 1.165) is 25.7 Å². The van der Waals surface area contributed by atoms with Gasteiger partial charge in [-0.1, -0.05) is 18.2 Å². The third-order valence-electron chi connectivity index (χ3n) is 5.39. The second-order valence-electron chi connectivity index (χ2n) is 7.05. The Hall–Kier alpha value is -2.14. The molecule has 2 heterocycles. The van der Waals surface area contributed by atoms with Gasteiger partial charge in [0.25, 0.3) is 5.91 Å². The fourth-order valence-corrected chi connectivity index (χ4v) is 4.39. The molecular weight excluding hydrogens is 302 g/mol. The molecular formula is C19H23N3O2. The van der Waals surface area contributed by atoms with Gasteiger partial charge in [-0.15, -0.1) is 0 Å². The molecule has 3 aliphatic rings. The molecule has 2 atom stereocenters. The van der Waals surface area contributed by atoms with Crippen LogP contribution >= 0.6 is 0 Å². The molecule has 4 rings (SSSR count). The molecule has 1 aromatic carbocycles. The van der Waals surface area contributed by atoms with E-state index in [9.17, 15) is 9.59 Å². The summed E-state index contributed by atoms with van der Waals surface area (Å²) in [5, 5.41) is 4.07. The topological polar surface area (TPSA) is 43.9 Å². The zero-order valence-corrected chi connectivity index (χ0v) is 14.2. The van der Waals surface area contributed by atoms with Gasteiger partial charge in [0.15, 0.2) is 0 Å². The van der Waals surface area contributed by atoms with Crippen LogP contribution in [-0.4, -0.2) is 42.0 Å². The lowest BCUT2D eigenvalue weighted by molar-refractivity contribution is -0.128. The van der Waals surface area contributed by atoms with Gasteiger partial charge in [-0.05, 0) is 49.8 Å². The van der Waals surface area contributed by atoms with Gasteiger partial charge >= 0.3 is 0 Å². The molecule has 0 N–H and O–H groups in total. The highest BCUT2D eigenvalue weighted by Crippen LogP contribution is 2.44. The van der Waals surface area contributed by atoms with Crippen LogP contribution in [0.3, 0.4) is 0 Å². The molecule has 1 saturated heterocycles. The molecule has 0 radical (unpaired) electrons. The van der Waals surface area contributed by atoms with E-state index < -0.39 is 6.04 Å². The van der Waals surface area contributed by atoms with E-state index in [-0.39, 0.29) is 17.7 Å². The lowest BCUT2D eigenvalue weighted by atomic mass is 9.82. The minimum absolute atomic E-state index is 0.0554. The largest absolute Gasteiger partial charge is 0.297 e. The van der Waals surface area contributed by atoms with Gasteiger partial charge in [0.1, 0.15) is 6.04 Å². The third kappa shape index (κ3) is 2.18. The predicted octanol–water partition coefficient (Wildman–Crippen LogP) is 2.56. The molecule has 0 saturated carbocycles. The first kappa shape index (κ1) is 15.4. The van der Waals surface area contributed by atoms with Crippen molar-refractivity contribution in [1.29, 1.82) is 0 Å². The van der Waals surface area contributed by atoms with E-state index in [1.165, 1.54) is 22.6 Å². The van der Waals surface area contributed by atoms with E-state index in [0.29, 0.717) is 5.69 Å². The minimum Gasteiger partial charge on any atom is -0.297 e. The molecule has 1 fully saturated rings. The second kappa shape index (κ2) is 5.74. The highest BCUT2D eigenvalue weighted by atomic mass is 16.2. The van der Waals surface area contributed by atoms with Gasteiger partial charge in [0, 0.05) is 19.8 Å². The van der Waals surface area contributed by atoms with Crippen LogP contribution in [0.4, 0.5) is 5.69 Å². The van der Waals surface area contributed by atoms with Crippen LogP contribution in [0.15, 0.2) is 41.6 Å². The summed E-state index contributed by atoms with van der Waals surface area (Å²) in [7, 11) is 3.93. The second-order valence-corrected chi connectivity index (χ2v) is 7.05. The van der Waals surface area contributed by atoms with Crippen molar-refractivity contribution in [1.82, 2.24) is 10.0 Å². The molecule has 0 spiro atoms. The number of hydrazine groups is 1. The minimum atomic E-state index is -0.399. The van der Waals surface area contributed by atoms with Gasteiger partial charge in [0.2, 0.25) is 5.91 Å². The van der Waals surface area contributed by atoms with Crippen molar-refractivity contribution >= 4 is 17.5 Å². The summed E-state index contributed by atoms with van der Waals surface area (Å²) in [5.74, 6) is -0.417. The predicted molar refractivity (Wildman–Crippen MR) is 91.9 cm³/mol. The van der Waals surface area contributed by atoms with Crippen molar-refractivity contribution in [2.75, 3.05) is 19.0 Å². The molecule has 24 heavy (non-hydrogen) atoms. The van der Waals surface area contributed by atoms with E-state index in [1.54, 1.807) is 0 Å². The van der Waals surface area contributed by atoms with Crippen molar-refractivity contribution < 1.29 is 9.59 Å². The number of carbonyl (C=O) groups is 2. The molecule has 0 bridgehead atoms. The maximum atomic E-state index is 13.2. The number of carbonyl (C=O) groups excluding carboxylic acids is 2. The summed E-state index contributed by atoms with van der Waals surface area (Å²) in [6.07, 6.45) is 5.13. The van der Waals surface area contributed by atoms with Crippen LogP contribution in [0, 0.1) is 5.92 Å². The van der Waals surface area contributed by atoms with Crippen LogP contribution in [0.2, 0.25) is 0 Å². The first-order chi connectivity index (χ1) is 11.6. The van der Waals surface area contributed by atoms with Gasteiger partial charge in [-0.2, -0.15) is 0 Å². The quantitative estimate of drug-likeness (QED) is 0.784. The molecule has 1 aromatic rings. The Kier molecular flexibility index (Phi) is 3.68. The van der Waals surface area contributed by atoms with Crippen molar-refractivity contribution in [2.45, 2.75) is 38.1 Å². The molecule has 2 aliphatic heterocycles. The Morgan fingerprint density at radius 1 is 1.00 bits per heavy atom. The summed E-state index contributed by atoms with van der Waals surface area (Å²) in [6.45, 7) is 0. The number of amides is 2. The average Bonchev–Trinajstić information content (AvgIpc) is 2.84. The number of allylic oxidation sites excluding steroid dienone is 2. The number of imide groups is 1. The van der Waals surface area contributed by atoms with Crippen LogP contribution < -0.4 is 4.90 Å². The number of para-hydroxylation sites is 1. The Balaban J connectivity index is 1.76. The molecule has 0 aromatic heterocycles. The number of hydrogen-bond donors (Lipinski definition) is 0. The number of benzene rings is 1. The average molecular weight is 325 g/mol. The molecule has 2 amide bonds. The molecule has 0 unspecified atom stereocenters. The van der Waals surface area contributed by atoms with Crippen molar-refractivity contribution in [3.8, 4) is 0 Å². The SMILES string of the molecule is CN(C)N1C2=C(CCCC2)C[C@@H]2C(=O)N(c3ccccc3)C(=O)[C@H]21. The first-order valence-electron chi connectivity index (χ1n) is 8.70. The summed E-state index contributed by atoms with van der Waals surface area (Å²) in [4.78, 5) is 27.6. The smallest absolute Gasteiger partial charge is 0.258 e. The summed E-state index contributed by atoms with van der Waals surface area (Å²) >= 11 is 0. The number of nitrogens with zero attached hydrogens (tertiary/aromatic N) is 3. The van der Waals surface area contributed by atoms with Gasteiger partial charge in [0.05, 0.1) is 11.6 Å².